The van der Waals surface area contributed by atoms with Gasteiger partial charge in [0.25, 0.3) is 0 Å². The number of hydrogen-bond acceptors (Lipinski definition) is 8. The molecule has 8 aliphatic carbocycles. The maximum atomic E-state index is 14.0. The highest BCUT2D eigenvalue weighted by Crippen LogP contribution is 2.79. The van der Waals surface area contributed by atoms with E-state index in [1.165, 1.54) is 0 Å². The van der Waals surface area contributed by atoms with Crippen molar-refractivity contribution in [2.45, 2.75) is 120 Å². The van der Waals surface area contributed by atoms with Crippen molar-refractivity contribution in [2.24, 2.45) is 58.2 Å². The zero-order valence-corrected chi connectivity index (χ0v) is 30.8. The van der Waals surface area contributed by atoms with E-state index in [9.17, 15) is 30.0 Å². The Morgan fingerprint density at radius 3 is 2.63 bits per heavy atom. The minimum Gasteiger partial charge on any atom is -0.454 e. The number of nitrogens with one attached hydrogen (secondary N) is 1. The summed E-state index contributed by atoms with van der Waals surface area (Å²) in [6, 6.07) is 8.23. The van der Waals surface area contributed by atoms with Gasteiger partial charge < -0.3 is 35.3 Å². The van der Waals surface area contributed by atoms with Crippen molar-refractivity contribution in [3.63, 3.8) is 0 Å². The van der Waals surface area contributed by atoms with E-state index in [1.807, 2.05) is 25.3 Å². The van der Waals surface area contributed by atoms with Gasteiger partial charge in [0.15, 0.2) is 0 Å². The third-order valence-corrected chi connectivity index (χ3v) is 16.2. The van der Waals surface area contributed by atoms with Crippen LogP contribution in [0.25, 0.3) is 0 Å². The van der Waals surface area contributed by atoms with Crippen LogP contribution in [0.15, 0.2) is 48.1 Å². The molecule has 4 bridgehead atoms. The van der Waals surface area contributed by atoms with Crippen LogP contribution in [0.5, 0.6) is 0 Å². The first-order chi connectivity index (χ1) is 24.9. The number of carbonyl (C=O) groups is 2. The SMILES string of the molecule is CN[C@H]1Cc2ccccc2C#CCC[C@]23C[C@H]4C=C[C@H]5C[C@H](O)C[C@@]6(O)[C@@H](CCC(C)C)C[C@](O)([C@H]4[C@@]56C=O)[C@@]2(O)C[C@@H]2C[C@H]1[C@H]1OC(=O)C=C1[C@@H]23. The number of aldehydes is 1. The summed E-state index contributed by atoms with van der Waals surface area (Å²) >= 11 is 0. The minimum atomic E-state index is -1.71. The number of aliphatic hydroxyl groups is 4. The number of hydrogen-bond donors (Lipinski definition) is 5. The summed E-state index contributed by atoms with van der Waals surface area (Å²) in [5.41, 5.74) is -3.99. The number of esters is 1. The van der Waals surface area contributed by atoms with Crippen molar-refractivity contribution in [3.8, 4) is 11.8 Å². The molecule has 8 heteroatoms. The first-order valence-electron chi connectivity index (χ1n) is 20.0. The van der Waals surface area contributed by atoms with E-state index < -0.39 is 57.6 Å². The van der Waals surface area contributed by atoms with Crippen LogP contribution in [-0.2, 0) is 20.7 Å². The Hall–Kier alpha value is -2.80. The van der Waals surface area contributed by atoms with Gasteiger partial charge in [0.1, 0.15) is 18.0 Å². The van der Waals surface area contributed by atoms with Crippen LogP contribution in [0, 0.1) is 70.0 Å². The molecule has 1 aromatic carbocycles. The molecule has 278 valence electrons. The maximum Gasteiger partial charge on any atom is 0.331 e. The predicted molar refractivity (Wildman–Crippen MR) is 194 cm³/mol. The molecule has 52 heavy (non-hydrogen) atoms. The van der Waals surface area contributed by atoms with Gasteiger partial charge in [-0.1, -0.05) is 62.5 Å². The molecule has 15 atom stereocenters. The molecule has 0 amide bonds. The topological polar surface area (TPSA) is 136 Å². The molecule has 0 unspecified atom stereocenters. The normalized spacial score (nSPS) is 49.5. The fourth-order valence-electron chi connectivity index (χ4n) is 14.5. The van der Waals surface area contributed by atoms with Gasteiger partial charge in [-0.25, -0.2) is 4.79 Å². The van der Waals surface area contributed by atoms with E-state index in [2.05, 4.69) is 49.2 Å². The first kappa shape index (κ1) is 34.9. The summed E-state index contributed by atoms with van der Waals surface area (Å²) in [6.45, 7) is 4.27. The summed E-state index contributed by atoms with van der Waals surface area (Å²) in [5.74, 6) is 4.67. The zero-order chi connectivity index (χ0) is 36.4. The third-order valence-electron chi connectivity index (χ3n) is 16.2. The Morgan fingerprint density at radius 2 is 1.87 bits per heavy atom. The number of aliphatic hydroxyl groups excluding tert-OH is 1. The monoisotopic (exact) mass is 709 g/mol. The van der Waals surface area contributed by atoms with Crippen LogP contribution in [0.3, 0.4) is 0 Å². The van der Waals surface area contributed by atoms with Gasteiger partial charge in [0.2, 0.25) is 0 Å². The smallest absolute Gasteiger partial charge is 0.331 e. The molecule has 9 aliphatic rings. The molecule has 5 fully saturated rings. The molecular formula is C44H55NO7. The summed E-state index contributed by atoms with van der Waals surface area (Å²) in [4.78, 5) is 27.3. The van der Waals surface area contributed by atoms with Gasteiger partial charge in [0, 0.05) is 47.8 Å². The van der Waals surface area contributed by atoms with Crippen LogP contribution in [0.2, 0.25) is 0 Å². The van der Waals surface area contributed by atoms with E-state index in [1.54, 1.807) is 6.08 Å². The van der Waals surface area contributed by atoms with Crippen molar-refractivity contribution in [1.82, 2.24) is 5.32 Å². The quantitative estimate of drug-likeness (QED) is 0.133. The minimum absolute atomic E-state index is 0.0244. The first-order valence-corrected chi connectivity index (χ1v) is 20.0. The standard InChI is InChI=1S/C44H55NO7/c1-25(2)11-13-31-22-43(50)39-28(12-14-30-18-32(47)23-42(31,49)41(30,39)24-46)20-40-15-7-6-9-26-8-4-5-10-27(26)17-35(45-3)33-16-29(21-44(40,43)51)37(40)34-19-36(48)52-38(33)34/h4-5,8,10,12,14,19,24-25,28-33,35,37-39,45,47,49-51H,7,11,13,15-18,20-23H2,1-3H3/t28-,29+,30+,31+,32+,33-,35+,37-,38-,39-,40-,41-,42-,43+,44-/m1/s1. The molecular weight excluding hydrogens is 654 g/mol. The maximum absolute atomic E-state index is 14.0. The number of likely N-dealkylation sites (N-methyl/N-ethyl adjacent to an activating group) is 1. The van der Waals surface area contributed by atoms with Gasteiger partial charge in [-0.15, -0.1) is 0 Å². The average molecular weight is 710 g/mol. The lowest BCUT2D eigenvalue weighted by Gasteiger charge is -2.74. The van der Waals surface area contributed by atoms with Crippen LogP contribution < -0.4 is 5.32 Å². The number of benzene rings is 1. The van der Waals surface area contributed by atoms with Crippen LogP contribution in [-0.4, -0.2) is 74.8 Å². The number of ether oxygens (including phenoxy) is 1. The van der Waals surface area contributed by atoms with Gasteiger partial charge in [-0.05, 0) is 111 Å². The second-order valence-electron chi connectivity index (χ2n) is 18.6. The summed E-state index contributed by atoms with van der Waals surface area (Å²) in [7, 11) is 1.96. The highest BCUT2D eigenvalue weighted by molar-refractivity contribution is 5.86. The van der Waals surface area contributed by atoms with E-state index in [-0.39, 0.29) is 48.5 Å². The highest BCUT2D eigenvalue weighted by Gasteiger charge is 2.84. The Labute approximate surface area is 307 Å². The van der Waals surface area contributed by atoms with Crippen LogP contribution in [0.4, 0.5) is 0 Å². The molecule has 1 aromatic rings. The van der Waals surface area contributed by atoms with Crippen molar-refractivity contribution in [2.75, 3.05) is 7.05 Å². The van der Waals surface area contributed by atoms with Crippen molar-refractivity contribution < 1.29 is 34.8 Å². The van der Waals surface area contributed by atoms with Gasteiger partial charge in [-0.3, -0.25) is 0 Å². The molecule has 1 aliphatic heterocycles. The molecule has 5 saturated carbocycles. The zero-order valence-electron chi connectivity index (χ0n) is 30.8. The molecule has 0 radical (unpaired) electrons. The summed E-state index contributed by atoms with van der Waals surface area (Å²) < 4.78 is 6.22. The number of fused-ring (bicyclic) bond motifs is 4. The Bertz CT molecular complexity index is 1790. The second-order valence-corrected chi connectivity index (χ2v) is 18.6. The predicted octanol–water partition coefficient (Wildman–Crippen LogP) is 4.27. The van der Waals surface area contributed by atoms with Crippen molar-refractivity contribution >= 4 is 12.3 Å². The molecule has 8 nitrogen and oxygen atoms in total. The molecule has 10 rings (SSSR count). The van der Waals surface area contributed by atoms with Crippen LogP contribution >= 0.6 is 0 Å². The molecule has 0 aromatic heterocycles. The second kappa shape index (κ2) is 11.8. The van der Waals surface area contributed by atoms with Crippen molar-refractivity contribution in [1.29, 1.82) is 0 Å². The molecule has 0 saturated heterocycles. The van der Waals surface area contributed by atoms with E-state index >= 15 is 0 Å². The molecule has 5 N–H and O–H groups in total. The lowest BCUT2D eigenvalue weighted by atomic mass is 9.32. The van der Waals surface area contributed by atoms with Crippen molar-refractivity contribution in [3.05, 3.63) is 59.2 Å². The largest absolute Gasteiger partial charge is 0.454 e. The number of rotatable bonds is 5. The third kappa shape index (κ3) is 4.35. The number of carbonyl (C=O) groups excluding carboxylic acids is 2. The fraction of sp³-hybridized carbons (Fsp3) is 0.682. The lowest BCUT2D eigenvalue weighted by Crippen LogP contribution is -2.82. The number of allylic oxidation sites excluding steroid dienone is 2. The Balaban J connectivity index is 1.26. The summed E-state index contributed by atoms with van der Waals surface area (Å²) in [6.07, 6.45) is 10.8. The Kier molecular flexibility index (Phi) is 7.96. The average Bonchev–Trinajstić information content (AvgIpc) is 3.61. The summed E-state index contributed by atoms with van der Waals surface area (Å²) in [5, 5.41) is 55.6. The van der Waals surface area contributed by atoms with E-state index in [0.29, 0.717) is 57.3 Å². The van der Waals surface area contributed by atoms with Gasteiger partial charge in [0.05, 0.1) is 22.7 Å². The van der Waals surface area contributed by atoms with Gasteiger partial charge >= 0.3 is 5.97 Å². The van der Waals surface area contributed by atoms with E-state index in [0.717, 1.165) is 29.4 Å². The van der Waals surface area contributed by atoms with Gasteiger partial charge in [-0.2, -0.15) is 0 Å². The highest BCUT2D eigenvalue weighted by atomic mass is 16.5. The van der Waals surface area contributed by atoms with Crippen LogP contribution in [0.1, 0.15) is 89.2 Å². The molecule has 1 heterocycles. The molecule has 1 spiro atoms. The van der Waals surface area contributed by atoms with E-state index in [4.69, 9.17) is 4.74 Å². The Morgan fingerprint density at radius 1 is 1.06 bits per heavy atom. The fourth-order valence-corrected chi connectivity index (χ4v) is 14.5. The lowest BCUT2D eigenvalue weighted by molar-refractivity contribution is -0.351.